The van der Waals surface area contributed by atoms with E-state index in [1.54, 1.807) is 0 Å². The summed E-state index contributed by atoms with van der Waals surface area (Å²) in [7, 11) is 0. The van der Waals surface area contributed by atoms with Gasteiger partial charge >= 0.3 is 0 Å². The van der Waals surface area contributed by atoms with E-state index in [0.717, 1.165) is 29.8 Å². The molecule has 102 valence electrons. The Bertz CT molecular complexity index is 539. The molecule has 0 aliphatic carbocycles. The van der Waals surface area contributed by atoms with E-state index in [1.807, 2.05) is 6.07 Å². The Morgan fingerprint density at radius 2 is 1.84 bits per heavy atom. The number of benzene rings is 2. The maximum atomic E-state index is 5.77. The molecule has 0 amide bonds. The van der Waals surface area contributed by atoms with Gasteiger partial charge in [0.05, 0.1) is 6.61 Å². The second-order valence-electron chi connectivity index (χ2n) is 4.96. The highest BCUT2D eigenvalue weighted by Gasteiger charge is 1.99. The van der Waals surface area contributed by atoms with Gasteiger partial charge in [0.15, 0.2) is 0 Å². The fraction of sp³-hybridized carbons (Fsp3) is 0.375. The number of ether oxygens (including phenoxy) is 1. The Morgan fingerprint density at radius 1 is 1.11 bits per heavy atom. The van der Waals surface area contributed by atoms with Gasteiger partial charge in [0.1, 0.15) is 5.75 Å². The van der Waals surface area contributed by atoms with Gasteiger partial charge in [0.25, 0.3) is 0 Å². The van der Waals surface area contributed by atoms with Crippen molar-refractivity contribution in [1.82, 2.24) is 5.32 Å². The van der Waals surface area contributed by atoms with Crippen LogP contribution in [0.25, 0.3) is 10.8 Å². The summed E-state index contributed by atoms with van der Waals surface area (Å²) in [5.41, 5.74) is 0. The molecule has 2 rings (SSSR count). The SMILES string of the molecule is CC(C)NCCCOc1ccc2cc(Br)ccc2c1. The highest BCUT2D eigenvalue weighted by molar-refractivity contribution is 9.10. The first-order valence-electron chi connectivity index (χ1n) is 6.70. The summed E-state index contributed by atoms with van der Waals surface area (Å²) in [6, 6.07) is 13.0. The van der Waals surface area contributed by atoms with Crippen molar-refractivity contribution in [1.29, 1.82) is 0 Å². The third-order valence-corrected chi connectivity index (χ3v) is 3.41. The predicted octanol–water partition coefficient (Wildman–Crippen LogP) is 4.37. The van der Waals surface area contributed by atoms with Crippen LogP contribution in [0, 0.1) is 0 Å². The lowest BCUT2D eigenvalue weighted by Gasteiger charge is -2.10. The zero-order chi connectivity index (χ0) is 13.7. The molecule has 3 heteroatoms. The number of hydrogen-bond acceptors (Lipinski definition) is 2. The minimum absolute atomic E-state index is 0.541. The lowest BCUT2D eigenvalue weighted by atomic mass is 10.1. The highest BCUT2D eigenvalue weighted by Crippen LogP contribution is 2.24. The van der Waals surface area contributed by atoms with Crippen molar-refractivity contribution in [3.63, 3.8) is 0 Å². The van der Waals surface area contributed by atoms with Crippen molar-refractivity contribution in [2.45, 2.75) is 26.3 Å². The Kier molecular flexibility index (Phi) is 5.23. The zero-order valence-electron chi connectivity index (χ0n) is 11.4. The van der Waals surface area contributed by atoms with E-state index in [-0.39, 0.29) is 0 Å². The number of nitrogens with one attached hydrogen (secondary N) is 1. The Morgan fingerprint density at radius 3 is 2.63 bits per heavy atom. The molecule has 2 nitrogen and oxygen atoms in total. The molecule has 0 saturated carbocycles. The minimum Gasteiger partial charge on any atom is -0.494 e. The molecule has 0 heterocycles. The van der Waals surface area contributed by atoms with Gasteiger partial charge in [-0.25, -0.2) is 0 Å². The summed E-state index contributed by atoms with van der Waals surface area (Å²) in [4.78, 5) is 0. The highest BCUT2D eigenvalue weighted by atomic mass is 79.9. The van der Waals surface area contributed by atoms with Crippen molar-refractivity contribution < 1.29 is 4.74 Å². The third-order valence-electron chi connectivity index (χ3n) is 2.92. The number of rotatable bonds is 6. The van der Waals surface area contributed by atoms with E-state index in [4.69, 9.17) is 4.74 Å². The minimum atomic E-state index is 0.541. The number of fused-ring (bicyclic) bond motifs is 1. The summed E-state index contributed by atoms with van der Waals surface area (Å²) in [6.45, 7) is 6.06. The van der Waals surface area contributed by atoms with E-state index in [2.05, 4.69) is 65.4 Å². The van der Waals surface area contributed by atoms with Gasteiger partial charge in [-0.3, -0.25) is 0 Å². The lowest BCUT2D eigenvalue weighted by Crippen LogP contribution is -2.24. The standard InChI is InChI=1S/C16H20BrNO/c1-12(2)18-8-3-9-19-16-7-5-13-10-15(17)6-4-14(13)11-16/h4-7,10-12,18H,3,8-9H2,1-2H3. The van der Waals surface area contributed by atoms with Gasteiger partial charge < -0.3 is 10.1 Å². The number of halogens is 1. The molecule has 0 radical (unpaired) electrons. The summed E-state index contributed by atoms with van der Waals surface area (Å²) < 4.78 is 6.88. The van der Waals surface area contributed by atoms with Gasteiger partial charge in [0.2, 0.25) is 0 Å². The number of hydrogen-bond donors (Lipinski definition) is 1. The summed E-state index contributed by atoms with van der Waals surface area (Å²) in [5, 5.41) is 5.82. The fourth-order valence-corrected chi connectivity index (χ4v) is 2.32. The van der Waals surface area contributed by atoms with E-state index in [1.165, 1.54) is 10.8 Å². The summed E-state index contributed by atoms with van der Waals surface area (Å²) in [6.07, 6.45) is 1.02. The van der Waals surface area contributed by atoms with Crippen LogP contribution in [0.1, 0.15) is 20.3 Å². The maximum absolute atomic E-state index is 5.77. The van der Waals surface area contributed by atoms with Crippen molar-refractivity contribution in [3.05, 3.63) is 40.9 Å². The first kappa shape index (κ1) is 14.4. The van der Waals surface area contributed by atoms with Crippen LogP contribution in [0.5, 0.6) is 5.75 Å². The molecule has 0 atom stereocenters. The molecule has 0 saturated heterocycles. The van der Waals surface area contributed by atoms with Gasteiger partial charge in [-0.15, -0.1) is 0 Å². The maximum Gasteiger partial charge on any atom is 0.119 e. The summed E-state index contributed by atoms with van der Waals surface area (Å²) >= 11 is 3.48. The van der Waals surface area contributed by atoms with E-state index < -0.39 is 0 Å². The average Bonchev–Trinajstić information content (AvgIpc) is 2.38. The third kappa shape index (κ3) is 4.51. The molecule has 19 heavy (non-hydrogen) atoms. The fourth-order valence-electron chi connectivity index (χ4n) is 1.94. The lowest BCUT2D eigenvalue weighted by molar-refractivity contribution is 0.306. The van der Waals surface area contributed by atoms with Crippen LogP contribution in [-0.4, -0.2) is 19.2 Å². The molecule has 0 bridgehead atoms. The first-order chi connectivity index (χ1) is 9.15. The molecule has 0 fully saturated rings. The molecule has 0 aliphatic rings. The Hall–Kier alpha value is -1.06. The average molecular weight is 322 g/mol. The van der Waals surface area contributed by atoms with Crippen LogP contribution in [0.2, 0.25) is 0 Å². The topological polar surface area (TPSA) is 21.3 Å². The van der Waals surface area contributed by atoms with Gasteiger partial charge in [0, 0.05) is 10.5 Å². The van der Waals surface area contributed by atoms with Crippen molar-refractivity contribution >= 4 is 26.7 Å². The van der Waals surface area contributed by atoms with Crippen LogP contribution in [0.3, 0.4) is 0 Å². The molecule has 0 spiro atoms. The molecular formula is C16H20BrNO. The van der Waals surface area contributed by atoms with E-state index >= 15 is 0 Å². The second-order valence-corrected chi connectivity index (χ2v) is 5.88. The molecule has 0 aromatic heterocycles. The molecule has 0 aliphatic heterocycles. The van der Waals surface area contributed by atoms with Crippen molar-refractivity contribution in [2.24, 2.45) is 0 Å². The van der Waals surface area contributed by atoms with Crippen LogP contribution < -0.4 is 10.1 Å². The second kappa shape index (κ2) is 6.92. The Labute approximate surface area is 123 Å². The molecule has 2 aromatic carbocycles. The van der Waals surface area contributed by atoms with Gasteiger partial charge in [-0.05, 0) is 48.0 Å². The molecule has 0 unspecified atom stereocenters. The molecular weight excluding hydrogens is 302 g/mol. The van der Waals surface area contributed by atoms with E-state index in [0.29, 0.717) is 6.04 Å². The quantitative estimate of drug-likeness (QED) is 0.798. The molecule has 1 N–H and O–H groups in total. The predicted molar refractivity (Wildman–Crippen MR) is 84.9 cm³/mol. The van der Waals surface area contributed by atoms with Gasteiger partial charge in [-0.2, -0.15) is 0 Å². The molecule has 2 aromatic rings. The van der Waals surface area contributed by atoms with Crippen molar-refractivity contribution in [2.75, 3.05) is 13.2 Å². The van der Waals surface area contributed by atoms with Gasteiger partial charge in [-0.1, -0.05) is 41.9 Å². The van der Waals surface area contributed by atoms with Crippen LogP contribution in [0.15, 0.2) is 40.9 Å². The normalized spacial score (nSPS) is 11.2. The van der Waals surface area contributed by atoms with Crippen LogP contribution >= 0.6 is 15.9 Å². The summed E-state index contributed by atoms with van der Waals surface area (Å²) in [5.74, 6) is 0.944. The first-order valence-corrected chi connectivity index (χ1v) is 7.50. The largest absolute Gasteiger partial charge is 0.494 e. The van der Waals surface area contributed by atoms with E-state index in [9.17, 15) is 0 Å². The smallest absolute Gasteiger partial charge is 0.119 e. The van der Waals surface area contributed by atoms with Crippen LogP contribution in [-0.2, 0) is 0 Å². The van der Waals surface area contributed by atoms with Crippen LogP contribution in [0.4, 0.5) is 0 Å². The zero-order valence-corrected chi connectivity index (χ0v) is 13.0. The Balaban J connectivity index is 1.89. The monoisotopic (exact) mass is 321 g/mol. The van der Waals surface area contributed by atoms with Crippen molar-refractivity contribution in [3.8, 4) is 5.75 Å².